The van der Waals surface area contributed by atoms with Gasteiger partial charge in [0.15, 0.2) is 6.10 Å². The van der Waals surface area contributed by atoms with Gasteiger partial charge in [0.1, 0.15) is 10.6 Å². The highest BCUT2D eigenvalue weighted by Crippen LogP contribution is 2.25. The summed E-state index contributed by atoms with van der Waals surface area (Å²) in [4.78, 5) is 24.9. The zero-order chi connectivity index (χ0) is 23.3. The topological polar surface area (TPSA) is 98.8 Å². The molecule has 166 valence electrons. The van der Waals surface area contributed by atoms with Crippen molar-refractivity contribution >= 4 is 27.9 Å². The first-order valence-corrected chi connectivity index (χ1v) is 11.1. The van der Waals surface area contributed by atoms with Gasteiger partial charge in [-0.1, -0.05) is 12.1 Å². The van der Waals surface area contributed by atoms with Gasteiger partial charge in [0.05, 0.1) is 7.11 Å². The van der Waals surface area contributed by atoms with Crippen LogP contribution in [0.2, 0.25) is 0 Å². The molecule has 8 heteroatoms. The molecule has 0 bridgehead atoms. The Morgan fingerprint density at radius 3 is 2.29 bits per heavy atom. The lowest BCUT2D eigenvalue weighted by Gasteiger charge is -2.14. The lowest BCUT2D eigenvalue weighted by Crippen LogP contribution is -2.24. The molecule has 2 rings (SSSR count). The lowest BCUT2D eigenvalue weighted by atomic mass is 9.96. The second-order valence-electron chi connectivity index (χ2n) is 7.15. The first kappa shape index (κ1) is 24.3. The van der Waals surface area contributed by atoms with Crippen LogP contribution in [0.1, 0.15) is 39.5 Å². The number of carbonyl (C=O) groups excluding carboxylic acids is 2. The minimum absolute atomic E-state index is 0.0539. The van der Waals surface area contributed by atoms with Gasteiger partial charge in [0.2, 0.25) is 15.8 Å². The van der Waals surface area contributed by atoms with Crippen LogP contribution in [0.3, 0.4) is 0 Å². The predicted octanol–water partition coefficient (Wildman–Crippen LogP) is 3.36. The molecule has 0 saturated heterocycles. The van der Waals surface area contributed by atoms with E-state index in [1.807, 2.05) is 26.8 Å². The second kappa shape index (κ2) is 9.89. The third-order valence-corrected chi connectivity index (χ3v) is 6.36. The van der Waals surface area contributed by atoms with Crippen LogP contribution in [0.15, 0.2) is 41.3 Å². The van der Waals surface area contributed by atoms with Crippen molar-refractivity contribution < 1.29 is 27.5 Å². The fourth-order valence-corrected chi connectivity index (χ4v) is 3.92. The van der Waals surface area contributed by atoms with Crippen LogP contribution in [-0.2, 0) is 19.6 Å². The standard InChI is InChI=1S/C23H27NO6S/c1-14-11-16(3)19(12-15(14)2)23(26)17(4)30-22(25)10-8-18-7-9-20(29-6)21(13-18)31(27,28)24-5/h7-13,17,24H,1-6H3/b10-8+. The number of aryl methyl sites for hydroxylation is 3. The van der Waals surface area contributed by atoms with Crippen molar-refractivity contribution in [2.24, 2.45) is 0 Å². The third kappa shape index (κ3) is 5.80. The van der Waals surface area contributed by atoms with E-state index < -0.39 is 22.1 Å². The van der Waals surface area contributed by atoms with Crippen molar-refractivity contribution in [2.75, 3.05) is 14.2 Å². The molecule has 0 spiro atoms. The molecular weight excluding hydrogens is 418 g/mol. The van der Waals surface area contributed by atoms with Crippen LogP contribution >= 0.6 is 0 Å². The average molecular weight is 446 g/mol. The summed E-state index contributed by atoms with van der Waals surface area (Å²) in [5, 5.41) is 0. The number of rotatable bonds is 8. The number of esters is 1. The van der Waals surface area contributed by atoms with E-state index in [4.69, 9.17) is 9.47 Å². The van der Waals surface area contributed by atoms with Gasteiger partial charge in [-0.2, -0.15) is 0 Å². The first-order valence-electron chi connectivity index (χ1n) is 9.62. The fourth-order valence-electron chi connectivity index (χ4n) is 2.99. The molecule has 2 aromatic rings. The van der Waals surface area contributed by atoms with Gasteiger partial charge < -0.3 is 9.47 Å². The summed E-state index contributed by atoms with van der Waals surface area (Å²) in [5.41, 5.74) is 3.86. The van der Waals surface area contributed by atoms with Crippen LogP contribution in [0.5, 0.6) is 5.75 Å². The molecule has 0 aliphatic carbocycles. The Hall–Kier alpha value is -2.97. The second-order valence-corrected chi connectivity index (χ2v) is 9.00. The molecule has 2 aromatic carbocycles. The number of hydrogen-bond donors (Lipinski definition) is 1. The van der Waals surface area contributed by atoms with Gasteiger partial charge in [-0.15, -0.1) is 0 Å². The van der Waals surface area contributed by atoms with Gasteiger partial charge in [0.25, 0.3) is 0 Å². The van der Waals surface area contributed by atoms with E-state index >= 15 is 0 Å². The molecular formula is C23H27NO6S. The number of ether oxygens (including phenoxy) is 2. The number of methoxy groups -OCH3 is 1. The van der Waals surface area contributed by atoms with Gasteiger partial charge in [0, 0.05) is 11.6 Å². The molecule has 1 atom stereocenters. The summed E-state index contributed by atoms with van der Waals surface area (Å²) in [5.74, 6) is -0.817. The maximum Gasteiger partial charge on any atom is 0.331 e. The number of benzene rings is 2. The van der Waals surface area contributed by atoms with Crippen LogP contribution in [0.4, 0.5) is 0 Å². The molecule has 0 saturated carbocycles. The Morgan fingerprint density at radius 1 is 1.03 bits per heavy atom. The minimum Gasteiger partial charge on any atom is -0.495 e. The molecule has 0 aliphatic rings. The molecule has 0 fully saturated rings. The zero-order valence-electron chi connectivity index (χ0n) is 18.5. The summed E-state index contributed by atoms with van der Waals surface area (Å²) >= 11 is 0. The van der Waals surface area contributed by atoms with Gasteiger partial charge in [-0.05, 0) is 81.3 Å². The van der Waals surface area contributed by atoms with Gasteiger partial charge in [-0.25, -0.2) is 17.9 Å². The monoisotopic (exact) mass is 445 g/mol. The van der Waals surface area contributed by atoms with Crippen molar-refractivity contribution in [3.8, 4) is 5.75 Å². The molecule has 7 nitrogen and oxygen atoms in total. The number of sulfonamides is 1. The molecule has 0 heterocycles. The summed E-state index contributed by atoms with van der Waals surface area (Å²) in [6.07, 6.45) is 1.60. The van der Waals surface area contributed by atoms with E-state index in [1.165, 1.54) is 39.3 Å². The van der Waals surface area contributed by atoms with E-state index in [9.17, 15) is 18.0 Å². The Labute approximate surface area is 183 Å². The maximum atomic E-state index is 12.7. The van der Waals surface area contributed by atoms with Crippen molar-refractivity contribution in [2.45, 2.75) is 38.7 Å². The number of nitrogens with one attached hydrogen (secondary N) is 1. The average Bonchev–Trinajstić information content (AvgIpc) is 2.74. The summed E-state index contributed by atoms with van der Waals surface area (Å²) < 4.78 is 36.9. The summed E-state index contributed by atoms with van der Waals surface area (Å²) in [6.45, 7) is 7.25. The van der Waals surface area contributed by atoms with Crippen LogP contribution in [0, 0.1) is 20.8 Å². The van der Waals surface area contributed by atoms with Crippen molar-refractivity contribution in [1.29, 1.82) is 0 Å². The zero-order valence-corrected chi connectivity index (χ0v) is 19.3. The summed E-state index contributed by atoms with van der Waals surface area (Å²) in [7, 11) is -1.08. The minimum atomic E-state index is -3.74. The fraction of sp³-hybridized carbons (Fsp3) is 0.304. The van der Waals surface area contributed by atoms with Crippen molar-refractivity contribution in [3.05, 3.63) is 64.2 Å². The first-order chi connectivity index (χ1) is 14.5. The van der Waals surface area contributed by atoms with Gasteiger partial charge >= 0.3 is 5.97 Å². The van der Waals surface area contributed by atoms with E-state index in [1.54, 1.807) is 12.1 Å². The predicted molar refractivity (Wildman–Crippen MR) is 119 cm³/mol. The number of carbonyl (C=O) groups is 2. The lowest BCUT2D eigenvalue weighted by molar-refractivity contribution is -0.140. The Balaban J connectivity index is 2.16. The molecule has 31 heavy (non-hydrogen) atoms. The Bertz CT molecular complexity index is 1130. The SMILES string of the molecule is CNS(=O)(=O)c1cc(/C=C/C(=O)OC(C)C(=O)c2cc(C)c(C)cc2C)ccc1OC. The highest BCUT2D eigenvalue weighted by Gasteiger charge is 2.21. The molecule has 1 N–H and O–H groups in total. The van der Waals surface area contributed by atoms with Crippen LogP contribution in [-0.4, -0.2) is 40.4 Å². The maximum absolute atomic E-state index is 12.7. The number of ketones is 1. The van der Waals surface area contributed by atoms with Crippen molar-refractivity contribution in [1.82, 2.24) is 4.72 Å². The highest BCUT2D eigenvalue weighted by molar-refractivity contribution is 7.89. The van der Waals surface area contributed by atoms with Gasteiger partial charge in [-0.3, -0.25) is 4.79 Å². The third-order valence-electron chi connectivity index (χ3n) is 4.93. The van der Waals surface area contributed by atoms with E-state index in [-0.39, 0.29) is 16.4 Å². The highest BCUT2D eigenvalue weighted by atomic mass is 32.2. The normalized spacial score (nSPS) is 12.6. The largest absolute Gasteiger partial charge is 0.495 e. The Kier molecular flexibility index (Phi) is 7.75. The Morgan fingerprint density at radius 2 is 1.68 bits per heavy atom. The summed E-state index contributed by atoms with van der Waals surface area (Å²) in [6, 6.07) is 8.20. The number of Topliss-reactive ketones (excluding diaryl/α,β-unsaturated/α-hetero) is 1. The molecule has 0 aliphatic heterocycles. The van der Waals surface area contributed by atoms with E-state index in [0.29, 0.717) is 11.1 Å². The molecule has 0 aromatic heterocycles. The quantitative estimate of drug-likeness (QED) is 0.380. The number of hydrogen-bond acceptors (Lipinski definition) is 6. The van der Waals surface area contributed by atoms with Crippen molar-refractivity contribution in [3.63, 3.8) is 0 Å². The van der Waals surface area contributed by atoms with E-state index in [0.717, 1.165) is 22.8 Å². The van der Waals surface area contributed by atoms with Crippen LogP contribution < -0.4 is 9.46 Å². The molecule has 0 radical (unpaired) electrons. The smallest absolute Gasteiger partial charge is 0.331 e. The van der Waals surface area contributed by atoms with Crippen LogP contribution in [0.25, 0.3) is 6.08 Å². The van der Waals surface area contributed by atoms with E-state index in [2.05, 4.69) is 4.72 Å². The molecule has 0 amide bonds. The molecule has 1 unspecified atom stereocenters.